The maximum atomic E-state index is 14.4. The fraction of sp³-hybridized carbons (Fsp3) is 0.368. The van der Waals surface area contributed by atoms with Crippen molar-refractivity contribution in [3.8, 4) is 0 Å². The maximum absolute atomic E-state index is 14.4. The molecular weight excluding hydrogens is 275 g/mol. The van der Waals surface area contributed by atoms with Crippen LogP contribution in [0.4, 0.5) is 4.39 Å². The van der Waals surface area contributed by atoms with Crippen LogP contribution in [0.15, 0.2) is 60.7 Å². The number of rotatable bonds is 5. The normalized spacial score (nSPS) is 21.9. The topological polar surface area (TPSA) is 15.3 Å². The van der Waals surface area contributed by atoms with Crippen molar-refractivity contribution in [2.75, 3.05) is 13.1 Å². The lowest BCUT2D eigenvalue weighted by Gasteiger charge is -2.37. The number of hydrogen-bond donors (Lipinski definition) is 1. The van der Waals surface area contributed by atoms with E-state index in [4.69, 9.17) is 0 Å². The zero-order valence-corrected chi connectivity index (χ0v) is 12.8. The first kappa shape index (κ1) is 15.2. The van der Waals surface area contributed by atoms with Crippen molar-refractivity contribution >= 4 is 0 Å². The molecule has 3 heteroatoms. The summed E-state index contributed by atoms with van der Waals surface area (Å²) in [5, 5.41) is 3.15. The minimum Gasteiger partial charge on any atom is -0.314 e. The van der Waals surface area contributed by atoms with Crippen molar-refractivity contribution in [3.63, 3.8) is 0 Å². The van der Waals surface area contributed by atoms with Crippen LogP contribution in [0.25, 0.3) is 0 Å². The van der Waals surface area contributed by atoms with Gasteiger partial charge in [-0.1, -0.05) is 60.7 Å². The van der Waals surface area contributed by atoms with E-state index in [1.165, 1.54) is 11.1 Å². The monoisotopic (exact) mass is 298 g/mol. The van der Waals surface area contributed by atoms with Gasteiger partial charge >= 0.3 is 0 Å². The third-order valence-electron chi connectivity index (χ3n) is 4.30. The highest BCUT2D eigenvalue weighted by atomic mass is 19.1. The molecule has 0 aromatic heterocycles. The van der Waals surface area contributed by atoms with Crippen LogP contribution in [0.2, 0.25) is 0 Å². The first-order valence-electron chi connectivity index (χ1n) is 7.99. The summed E-state index contributed by atoms with van der Waals surface area (Å²) in [5.41, 5.74) is 2.48. The van der Waals surface area contributed by atoms with Gasteiger partial charge in [0.15, 0.2) is 0 Å². The third-order valence-corrected chi connectivity index (χ3v) is 4.30. The highest BCUT2D eigenvalue weighted by molar-refractivity contribution is 5.17. The summed E-state index contributed by atoms with van der Waals surface area (Å²) in [6.45, 7) is 2.94. The van der Waals surface area contributed by atoms with Gasteiger partial charge in [-0.15, -0.1) is 0 Å². The summed E-state index contributed by atoms with van der Waals surface area (Å²) in [5.74, 6) is 0. The van der Waals surface area contributed by atoms with Crippen LogP contribution in [-0.2, 0) is 13.1 Å². The average molecular weight is 298 g/mol. The molecule has 1 saturated heterocycles. The molecule has 2 aromatic rings. The molecule has 1 N–H and O–H groups in total. The van der Waals surface area contributed by atoms with Crippen molar-refractivity contribution in [1.82, 2.24) is 10.2 Å². The predicted octanol–water partition coefficient (Wildman–Crippen LogP) is 3.39. The van der Waals surface area contributed by atoms with Gasteiger partial charge in [-0.2, -0.15) is 0 Å². The lowest BCUT2D eigenvalue weighted by atomic mass is 10.0. The molecule has 1 unspecified atom stereocenters. The van der Waals surface area contributed by atoms with Crippen LogP contribution in [0.5, 0.6) is 0 Å². The Hall–Kier alpha value is -1.71. The van der Waals surface area contributed by atoms with Crippen molar-refractivity contribution in [3.05, 3.63) is 71.8 Å². The van der Waals surface area contributed by atoms with E-state index >= 15 is 0 Å². The van der Waals surface area contributed by atoms with Gasteiger partial charge in [0.05, 0.1) is 0 Å². The molecule has 1 aliphatic heterocycles. The fourth-order valence-electron chi connectivity index (χ4n) is 3.14. The Labute approximate surface area is 132 Å². The van der Waals surface area contributed by atoms with Crippen LogP contribution in [-0.4, -0.2) is 30.2 Å². The lowest BCUT2D eigenvalue weighted by molar-refractivity contribution is 0.0722. The second-order valence-corrected chi connectivity index (χ2v) is 5.95. The Bertz CT molecular complexity index is 517. The Balaban J connectivity index is 1.78. The van der Waals surface area contributed by atoms with Gasteiger partial charge in [-0.25, -0.2) is 4.39 Å². The molecule has 0 radical (unpaired) electrons. The second-order valence-electron chi connectivity index (χ2n) is 5.95. The molecule has 0 spiro atoms. The molecule has 1 fully saturated rings. The molecule has 2 aromatic carbocycles. The first-order valence-corrected chi connectivity index (χ1v) is 7.99. The van der Waals surface area contributed by atoms with E-state index in [1.54, 1.807) is 0 Å². The van der Waals surface area contributed by atoms with Crippen LogP contribution in [0, 0.1) is 0 Å². The van der Waals surface area contributed by atoms with Gasteiger partial charge in [0.1, 0.15) is 6.17 Å². The SMILES string of the molecule is FC1CNCC[C@H]1N(Cc1ccccc1)Cc1ccccc1. The maximum Gasteiger partial charge on any atom is 0.128 e. The van der Waals surface area contributed by atoms with E-state index in [0.29, 0.717) is 6.54 Å². The molecule has 2 atom stereocenters. The van der Waals surface area contributed by atoms with Gasteiger partial charge in [0.25, 0.3) is 0 Å². The molecule has 0 amide bonds. The zero-order chi connectivity index (χ0) is 15.2. The van der Waals surface area contributed by atoms with Crippen LogP contribution >= 0.6 is 0 Å². The van der Waals surface area contributed by atoms with Gasteiger partial charge in [-0.05, 0) is 24.1 Å². The Morgan fingerprint density at radius 1 is 0.909 bits per heavy atom. The summed E-state index contributed by atoms with van der Waals surface area (Å²) >= 11 is 0. The summed E-state index contributed by atoms with van der Waals surface area (Å²) in [4.78, 5) is 2.29. The Morgan fingerprint density at radius 3 is 1.95 bits per heavy atom. The number of nitrogens with one attached hydrogen (secondary N) is 1. The van der Waals surface area contributed by atoms with Crippen molar-refractivity contribution in [2.24, 2.45) is 0 Å². The molecule has 1 aliphatic rings. The van der Waals surface area contributed by atoms with E-state index in [2.05, 4.69) is 34.5 Å². The van der Waals surface area contributed by atoms with E-state index < -0.39 is 6.17 Å². The predicted molar refractivity (Wildman–Crippen MR) is 88.3 cm³/mol. The van der Waals surface area contributed by atoms with Gasteiger partial charge < -0.3 is 5.32 Å². The number of hydrogen-bond acceptors (Lipinski definition) is 2. The number of benzene rings is 2. The second kappa shape index (κ2) is 7.52. The molecule has 116 valence electrons. The molecule has 0 bridgehead atoms. The Morgan fingerprint density at radius 2 is 1.45 bits per heavy atom. The van der Waals surface area contributed by atoms with Crippen molar-refractivity contribution < 1.29 is 4.39 Å². The third kappa shape index (κ3) is 3.93. The molecule has 0 saturated carbocycles. The molecular formula is C19H23FN2. The molecule has 1 heterocycles. The zero-order valence-electron chi connectivity index (χ0n) is 12.8. The lowest BCUT2D eigenvalue weighted by Crippen LogP contribution is -2.50. The average Bonchev–Trinajstić information content (AvgIpc) is 2.57. The number of alkyl halides is 1. The number of piperidine rings is 1. The van der Waals surface area contributed by atoms with E-state index in [0.717, 1.165) is 26.1 Å². The minimum absolute atomic E-state index is 0.0123. The fourth-order valence-corrected chi connectivity index (χ4v) is 3.14. The minimum atomic E-state index is -0.804. The largest absolute Gasteiger partial charge is 0.314 e. The quantitative estimate of drug-likeness (QED) is 0.910. The van der Waals surface area contributed by atoms with Gasteiger partial charge in [-0.3, -0.25) is 4.90 Å². The first-order chi connectivity index (χ1) is 10.8. The summed E-state index contributed by atoms with van der Waals surface area (Å²) in [7, 11) is 0. The summed E-state index contributed by atoms with van der Waals surface area (Å²) < 4.78 is 14.4. The van der Waals surface area contributed by atoms with Crippen molar-refractivity contribution in [2.45, 2.75) is 31.7 Å². The summed E-state index contributed by atoms with van der Waals surface area (Å²) in [6.07, 6.45) is 0.0575. The van der Waals surface area contributed by atoms with Gasteiger partial charge in [0, 0.05) is 25.7 Å². The molecule has 2 nitrogen and oxygen atoms in total. The summed E-state index contributed by atoms with van der Waals surface area (Å²) in [6, 6.07) is 20.7. The number of nitrogens with zero attached hydrogens (tertiary/aromatic N) is 1. The van der Waals surface area contributed by atoms with Gasteiger partial charge in [0.2, 0.25) is 0 Å². The highest BCUT2D eigenvalue weighted by Gasteiger charge is 2.30. The molecule has 0 aliphatic carbocycles. The smallest absolute Gasteiger partial charge is 0.128 e. The highest BCUT2D eigenvalue weighted by Crippen LogP contribution is 2.21. The van der Waals surface area contributed by atoms with Crippen LogP contribution < -0.4 is 5.32 Å². The number of halogens is 1. The van der Waals surface area contributed by atoms with Crippen LogP contribution in [0.1, 0.15) is 17.5 Å². The Kier molecular flexibility index (Phi) is 5.20. The molecule has 3 rings (SSSR count). The van der Waals surface area contributed by atoms with E-state index in [9.17, 15) is 4.39 Å². The van der Waals surface area contributed by atoms with E-state index in [-0.39, 0.29) is 6.04 Å². The standard InChI is InChI=1S/C19H23FN2/c20-18-13-21-12-11-19(18)22(14-16-7-3-1-4-8-16)15-17-9-5-2-6-10-17/h1-10,18-19,21H,11-15H2/t18?,19-/m1/s1. The van der Waals surface area contributed by atoms with Crippen molar-refractivity contribution in [1.29, 1.82) is 0 Å². The van der Waals surface area contributed by atoms with E-state index in [1.807, 2.05) is 36.4 Å². The molecule has 22 heavy (non-hydrogen) atoms. The van der Waals surface area contributed by atoms with Crippen LogP contribution in [0.3, 0.4) is 0 Å².